The number of esters is 1. The van der Waals surface area contributed by atoms with E-state index in [1.807, 2.05) is 79.7 Å². The van der Waals surface area contributed by atoms with Crippen molar-refractivity contribution < 1.29 is 19.1 Å². The average Bonchev–Trinajstić information content (AvgIpc) is 2.95. The van der Waals surface area contributed by atoms with Gasteiger partial charge in [-0.25, -0.2) is 0 Å². The Bertz CT molecular complexity index is 1390. The molecular formula is C33H38N2O4. The van der Waals surface area contributed by atoms with E-state index < -0.39 is 5.60 Å². The lowest BCUT2D eigenvalue weighted by atomic mass is 9.55. The molecule has 3 atom stereocenters. The summed E-state index contributed by atoms with van der Waals surface area (Å²) in [6.07, 6.45) is 5.24. The second kappa shape index (κ2) is 10.9. The van der Waals surface area contributed by atoms with Gasteiger partial charge in [0.2, 0.25) is 0 Å². The minimum absolute atomic E-state index is 0.0311. The van der Waals surface area contributed by atoms with Crippen molar-refractivity contribution in [1.82, 2.24) is 9.80 Å². The predicted octanol–water partition coefficient (Wildman–Crippen LogP) is 5.60. The second-order valence-electron chi connectivity index (χ2n) is 11.1. The third-order valence-corrected chi connectivity index (χ3v) is 8.96. The van der Waals surface area contributed by atoms with E-state index >= 15 is 0 Å². The van der Waals surface area contributed by atoms with Crippen LogP contribution in [0.25, 0.3) is 10.8 Å². The van der Waals surface area contributed by atoms with E-state index in [1.54, 1.807) is 0 Å². The van der Waals surface area contributed by atoms with Gasteiger partial charge < -0.3 is 14.4 Å². The SMILES string of the molecule is C=CCN1CCC2(c3cccc(OC(C)=O)c3)CC(N(C)C(=O)c3ccc4ccccc4c3)CCC2(OC)C1. The molecule has 1 aliphatic heterocycles. The maximum Gasteiger partial charge on any atom is 0.308 e. The van der Waals surface area contributed by atoms with Crippen molar-refractivity contribution in [2.24, 2.45) is 0 Å². The Labute approximate surface area is 231 Å². The summed E-state index contributed by atoms with van der Waals surface area (Å²) in [5, 5.41) is 2.18. The van der Waals surface area contributed by atoms with Gasteiger partial charge in [-0.2, -0.15) is 0 Å². The number of fused-ring (bicyclic) bond motifs is 2. The summed E-state index contributed by atoms with van der Waals surface area (Å²) in [5.74, 6) is 0.227. The molecule has 0 aromatic heterocycles. The second-order valence-corrected chi connectivity index (χ2v) is 11.1. The van der Waals surface area contributed by atoms with Crippen molar-refractivity contribution >= 4 is 22.6 Å². The molecule has 3 aromatic rings. The lowest BCUT2D eigenvalue weighted by Crippen LogP contribution is -2.68. The number of ether oxygens (including phenoxy) is 2. The molecule has 0 spiro atoms. The molecule has 3 aromatic carbocycles. The van der Waals surface area contributed by atoms with Gasteiger partial charge in [0.05, 0.1) is 5.60 Å². The molecule has 1 saturated heterocycles. The molecule has 2 fully saturated rings. The molecule has 2 aliphatic rings. The van der Waals surface area contributed by atoms with E-state index in [-0.39, 0.29) is 23.3 Å². The van der Waals surface area contributed by atoms with Gasteiger partial charge in [-0.15, -0.1) is 6.58 Å². The summed E-state index contributed by atoms with van der Waals surface area (Å²) in [6.45, 7) is 7.85. The van der Waals surface area contributed by atoms with Crippen LogP contribution < -0.4 is 4.74 Å². The molecule has 1 amide bonds. The van der Waals surface area contributed by atoms with Gasteiger partial charge in [0.25, 0.3) is 5.91 Å². The zero-order valence-corrected chi connectivity index (χ0v) is 23.2. The summed E-state index contributed by atoms with van der Waals surface area (Å²) in [4.78, 5) is 29.8. The van der Waals surface area contributed by atoms with Crippen LogP contribution in [0.3, 0.4) is 0 Å². The fourth-order valence-electron chi connectivity index (χ4n) is 6.95. The van der Waals surface area contributed by atoms with E-state index in [9.17, 15) is 9.59 Å². The van der Waals surface area contributed by atoms with Gasteiger partial charge in [0, 0.05) is 51.2 Å². The maximum absolute atomic E-state index is 13.8. The third-order valence-electron chi connectivity index (χ3n) is 8.96. The van der Waals surface area contributed by atoms with E-state index in [4.69, 9.17) is 9.47 Å². The van der Waals surface area contributed by atoms with Crippen LogP contribution in [0.2, 0.25) is 0 Å². The van der Waals surface area contributed by atoms with E-state index in [0.29, 0.717) is 11.3 Å². The number of amides is 1. The van der Waals surface area contributed by atoms with Gasteiger partial charge in [0.1, 0.15) is 5.75 Å². The molecule has 1 saturated carbocycles. The van der Waals surface area contributed by atoms with Crippen molar-refractivity contribution in [2.75, 3.05) is 33.8 Å². The highest BCUT2D eigenvalue weighted by Gasteiger charge is 2.59. The fraction of sp³-hybridized carbons (Fsp3) is 0.394. The monoisotopic (exact) mass is 526 g/mol. The molecule has 1 heterocycles. The van der Waals surface area contributed by atoms with Crippen LogP contribution in [0, 0.1) is 0 Å². The molecule has 1 aliphatic carbocycles. The number of carbonyl (C=O) groups is 2. The first-order chi connectivity index (χ1) is 18.8. The molecule has 6 heteroatoms. The first-order valence-electron chi connectivity index (χ1n) is 13.7. The number of benzene rings is 3. The fourth-order valence-corrected chi connectivity index (χ4v) is 6.95. The van der Waals surface area contributed by atoms with Crippen LogP contribution in [-0.2, 0) is 14.9 Å². The lowest BCUT2D eigenvalue weighted by molar-refractivity contribution is -0.151. The quantitative estimate of drug-likeness (QED) is 0.228. The largest absolute Gasteiger partial charge is 0.427 e. The highest BCUT2D eigenvalue weighted by molar-refractivity contribution is 5.98. The van der Waals surface area contributed by atoms with Gasteiger partial charge >= 0.3 is 5.97 Å². The van der Waals surface area contributed by atoms with Crippen molar-refractivity contribution in [3.05, 3.63) is 90.5 Å². The van der Waals surface area contributed by atoms with Crippen LogP contribution in [-0.4, -0.2) is 67.1 Å². The summed E-state index contributed by atoms with van der Waals surface area (Å²) in [6, 6.07) is 22.0. The standard InChI is InChI=1S/C33H38N2O4/c1-5-18-35-19-17-32(28-11-8-12-30(21-28)39-24(2)36)22-29(15-16-33(32,23-35)38-4)34(3)31(37)27-14-13-25-9-6-7-10-26(25)20-27/h5-14,20-21,29H,1,15-19,22-23H2,2-4H3. The minimum atomic E-state index is -0.438. The van der Waals surface area contributed by atoms with Crippen molar-refractivity contribution in [1.29, 1.82) is 0 Å². The number of hydrogen-bond acceptors (Lipinski definition) is 5. The number of nitrogens with zero attached hydrogens (tertiary/aromatic N) is 2. The number of hydrogen-bond donors (Lipinski definition) is 0. The topological polar surface area (TPSA) is 59.1 Å². The molecule has 39 heavy (non-hydrogen) atoms. The Morgan fingerprint density at radius 3 is 2.62 bits per heavy atom. The number of piperidine rings is 1. The van der Waals surface area contributed by atoms with Crippen LogP contribution >= 0.6 is 0 Å². The number of rotatable bonds is 7. The van der Waals surface area contributed by atoms with Crippen molar-refractivity contribution in [3.8, 4) is 5.75 Å². The summed E-state index contributed by atoms with van der Waals surface area (Å²) in [7, 11) is 3.74. The van der Waals surface area contributed by atoms with Gasteiger partial charge in [-0.05, 0) is 72.8 Å². The zero-order valence-electron chi connectivity index (χ0n) is 23.2. The Morgan fingerprint density at radius 1 is 1.08 bits per heavy atom. The Hall–Kier alpha value is -3.48. The number of likely N-dealkylation sites (tertiary alicyclic amines) is 1. The lowest BCUT2D eigenvalue weighted by Gasteiger charge is -2.60. The third kappa shape index (κ3) is 4.99. The number of methoxy groups -OCH3 is 1. The minimum Gasteiger partial charge on any atom is -0.427 e. The van der Waals surface area contributed by atoms with Gasteiger partial charge in [-0.3, -0.25) is 14.5 Å². The Balaban J connectivity index is 1.50. The zero-order chi connectivity index (χ0) is 27.6. The first-order valence-corrected chi connectivity index (χ1v) is 13.7. The molecule has 0 radical (unpaired) electrons. The molecule has 204 valence electrons. The molecule has 0 bridgehead atoms. The summed E-state index contributed by atoms with van der Waals surface area (Å²) in [5.41, 5.74) is 1.01. The van der Waals surface area contributed by atoms with Gasteiger partial charge in [0.15, 0.2) is 0 Å². The number of carbonyl (C=O) groups excluding carboxylic acids is 2. The van der Waals surface area contributed by atoms with Crippen molar-refractivity contribution in [2.45, 2.75) is 49.7 Å². The van der Waals surface area contributed by atoms with Crippen LogP contribution in [0.4, 0.5) is 0 Å². The summed E-state index contributed by atoms with van der Waals surface area (Å²) < 4.78 is 12.0. The molecule has 0 N–H and O–H groups in total. The van der Waals surface area contributed by atoms with Crippen LogP contribution in [0.1, 0.15) is 48.5 Å². The molecule has 5 rings (SSSR count). The van der Waals surface area contributed by atoms with Crippen LogP contribution in [0.5, 0.6) is 5.75 Å². The van der Waals surface area contributed by atoms with Crippen LogP contribution in [0.15, 0.2) is 79.4 Å². The normalized spacial score (nSPS) is 25.1. The van der Waals surface area contributed by atoms with E-state index in [2.05, 4.69) is 23.6 Å². The maximum atomic E-state index is 13.8. The Morgan fingerprint density at radius 2 is 1.87 bits per heavy atom. The first kappa shape index (κ1) is 27.1. The molecule has 6 nitrogen and oxygen atoms in total. The Kier molecular flexibility index (Phi) is 7.61. The molecule has 3 unspecified atom stereocenters. The smallest absolute Gasteiger partial charge is 0.308 e. The van der Waals surface area contributed by atoms with Crippen molar-refractivity contribution in [3.63, 3.8) is 0 Å². The van der Waals surface area contributed by atoms with E-state index in [1.165, 1.54) is 6.92 Å². The van der Waals surface area contributed by atoms with E-state index in [0.717, 1.165) is 61.7 Å². The summed E-state index contributed by atoms with van der Waals surface area (Å²) >= 11 is 0. The predicted molar refractivity (Wildman–Crippen MR) is 154 cm³/mol. The highest BCUT2D eigenvalue weighted by atomic mass is 16.5. The molecular weight excluding hydrogens is 488 g/mol. The highest BCUT2D eigenvalue weighted by Crippen LogP contribution is 2.54. The van der Waals surface area contributed by atoms with Gasteiger partial charge in [-0.1, -0.05) is 48.5 Å². The average molecular weight is 527 g/mol.